The normalized spacial score (nSPS) is 18.8. The lowest BCUT2D eigenvalue weighted by Crippen LogP contribution is -2.47. The van der Waals surface area contributed by atoms with Gasteiger partial charge < -0.3 is 23.8 Å². The molecule has 2 atom stereocenters. The van der Waals surface area contributed by atoms with E-state index in [1.54, 1.807) is 4.90 Å². The maximum absolute atomic E-state index is 13.4. The van der Waals surface area contributed by atoms with Gasteiger partial charge in [-0.3, -0.25) is 4.79 Å². The highest BCUT2D eigenvalue weighted by molar-refractivity contribution is 5.84. The van der Waals surface area contributed by atoms with E-state index >= 15 is 0 Å². The number of hydrogen-bond acceptors (Lipinski definition) is 7. The van der Waals surface area contributed by atoms with Crippen molar-refractivity contribution in [2.45, 2.75) is 58.7 Å². The summed E-state index contributed by atoms with van der Waals surface area (Å²) in [6, 6.07) is 15.6. The van der Waals surface area contributed by atoms with Crippen molar-refractivity contribution < 1.29 is 18.7 Å². The summed E-state index contributed by atoms with van der Waals surface area (Å²) >= 11 is 0. The summed E-state index contributed by atoms with van der Waals surface area (Å²) in [5.41, 5.74) is 6.21. The zero-order chi connectivity index (χ0) is 25.8. The molecular formula is C29H34N4O4. The molecule has 1 saturated heterocycles. The van der Waals surface area contributed by atoms with Crippen molar-refractivity contribution in [3.63, 3.8) is 0 Å². The zero-order valence-corrected chi connectivity index (χ0v) is 21.6. The van der Waals surface area contributed by atoms with Crippen molar-refractivity contribution in [1.29, 1.82) is 0 Å². The number of carbonyl (C=O) groups is 1. The second-order valence-corrected chi connectivity index (χ2v) is 9.36. The van der Waals surface area contributed by atoms with Crippen molar-refractivity contribution >= 4 is 5.91 Å². The first-order valence-corrected chi connectivity index (χ1v) is 13.0. The number of ether oxygens (including phenoxy) is 2. The van der Waals surface area contributed by atoms with Gasteiger partial charge in [-0.1, -0.05) is 25.5 Å². The first-order chi connectivity index (χ1) is 18.1. The van der Waals surface area contributed by atoms with E-state index < -0.39 is 0 Å². The van der Waals surface area contributed by atoms with Gasteiger partial charge in [0.05, 0.1) is 25.8 Å². The number of aryl methyl sites for hydroxylation is 1. The van der Waals surface area contributed by atoms with Crippen LogP contribution in [-0.2, 0) is 11.3 Å². The Hall–Kier alpha value is -3.78. The summed E-state index contributed by atoms with van der Waals surface area (Å²) in [6.45, 7) is 7.70. The quantitative estimate of drug-likeness (QED) is 0.374. The average Bonchev–Trinajstić information content (AvgIpc) is 3.51. The van der Waals surface area contributed by atoms with E-state index in [0.29, 0.717) is 31.2 Å². The molecule has 1 amide bonds. The molecule has 2 aliphatic rings. The van der Waals surface area contributed by atoms with Crippen LogP contribution in [0.1, 0.15) is 56.2 Å². The van der Waals surface area contributed by atoms with Crippen LogP contribution in [0, 0.1) is 6.92 Å². The van der Waals surface area contributed by atoms with Crippen LogP contribution in [0.25, 0.3) is 11.5 Å². The lowest BCUT2D eigenvalue weighted by Gasteiger charge is -2.31. The Morgan fingerprint density at radius 2 is 1.76 bits per heavy atom. The van der Waals surface area contributed by atoms with E-state index in [1.807, 2.05) is 67.7 Å². The van der Waals surface area contributed by atoms with Crippen molar-refractivity contribution in [3.05, 3.63) is 77.9 Å². The van der Waals surface area contributed by atoms with E-state index in [2.05, 4.69) is 24.5 Å². The molecule has 2 aliphatic heterocycles. The van der Waals surface area contributed by atoms with Gasteiger partial charge in [-0.2, -0.15) is 0 Å². The van der Waals surface area contributed by atoms with Crippen molar-refractivity contribution in [1.82, 2.24) is 20.3 Å². The molecule has 2 aromatic carbocycles. The van der Waals surface area contributed by atoms with Gasteiger partial charge in [-0.15, -0.1) is 0 Å². The second kappa shape index (κ2) is 11.1. The van der Waals surface area contributed by atoms with Gasteiger partial charge in [0.2, 0.25) is 5.89 Å². The second-order valence-electron chi connectivity index (χ2n) is 9.36. The molecule has 0 bridgehead atoms. The van der Waals surface area contributed by atoms with E-state index in [1.165, 1.54) is 0 Å². The fraction of sp³-hybridized carbons (Fsp3) is 0.379. The van der Waals surface area contributed by atoms with Crippen LogP contribution in [0.2, 0.25) is 0 Å². The van der Waals surface area contributed by atoms with E-state index in [0.717, 1.165) is 47.8 Å². The number of rotatable bonds is 10. The van der Waals surface area contributed by atoms with Gasteiger partial charge in [0, 0.05) is 18.0 Å². The zero-order valence-electron chi connectivity index (χ0n) is 21.6. The van der Waals surface area contributed by atoms with Crippen LogP contribution < -0.4 is 14.9 Å². The Balaban J connectivity index is 1.22. The number of nitrogens with zero attached hydrogens (tertiary/aromatic N) is 3. The molecule has 8 heteroatoms. The van der Waals surface area contributed by atoms with Crippen LogP contribution >= 0.6 is 0 Å². The molecule has 0 spiro atoms. The molecule has 0 saturated carbocycles. The Kier molecular flexibility index (Phi) is 7.46. The minimum absolute atomic E-state index is 0.0436. The fourth-order valence-electron chi connectivity index (χ4n) is 4.64. The minimum Gasteiger partial charge on any atom is -0.494 e. The molecule has 5 rings (SSSR count). The smallest absolute Gasteiger partial charge is 0.251 e. The molecule has 2 unspecified atom stereocenters. The number of aromatic nitrogens is 1. The Bertz CT molecular complexity index is 1240. The largest absolute Gasteiger partial charge is 0.494 e. The number of amides is 1. The SMILES string of the molecule is CCCCOc1ccc(C2CC3C(=O)N(Cc4nc(-c5ccc(OCC)cc5)oc4C)C=CN3N2)cc1. The van der Waals surface area contributed by atoms with E-state index in [4.69, 9.17) is 18.9 Å². The molecule has 0 radical (unpaired) electrons. The van der Waals surface area contributed by atoms with Gasteiger partial charge in [0.1, 0.15) is 29.0 Å². The third kappa shape index (κ3) is 5.49. The Morgan fingerprint density at radius 3 is 2.49 bits per heavy atom. The molecule has 37 heavy (non-hydrogen) atoms. The molecular weight excluding hydrogens is 468 g/mol. The topological polar surface area (TPSA) is 80.1 Å². The average molecular weight is 503 g/mol. The van der Waals surface area contributed by atoms with E-state index in [-0.39, 0.29) is 18.0 Å². The predicted octanol–water partition coefficient (Wildman–Crippen LogP) is 5.36. The summed E-state index contributed by atoms with van der Waals surface area (Å²) in [4.78, 5) is 19.8. The van der Waals surface area contributed by atoms with Crippen LogP contribution in [0.4, 0.5) is 0 Å². The minimum atomic E-state index is -0.270. The van der Waals surface area contributed by atoms with Crippen molar-refractivity contribution in [2.75, 3.05) is 13.2 Å². The Labute approximate surface area is 217 Å². The number of benzene rings is 2. The number of unbranched alkanes of at least 4 members (excludes halogenated alkanes) is 1. The molecule has 1 aromatic heterocycles. The highest BCUT2D eigenvalue weighted by Gasteiger charge is 2.40. The highest BCUT2D eigenvalue weighted by Crippen LogP contribution is 2.32. The summed E-state index contributed by atoms with van der Waals surface area (Å²) in [7, 11) is 0. The van der Waals surface area contributed by atoms with E-state index in [9.17, 15) is 4.79 Å². The summed E-state index contributed by atoms with van der Waals surface area (Å²) in [5.74, 6) is 2.97. The molecule has 8 nitrogen and oxygen atoms in total. The van der Waals surface area contributed by atoms with Crippen LogP contribution in [0.15, 0.2) is 65.3 Å². The molecule has 0 aliphatic carbocycles. The molecule has 3 heterocycles. The van der Waals surface area contributed by atoms with Gasteiger partial charge in [0.25, 0.3) is 5.91 Å². The number of hydrazine groups is 1. The maximum atomic E-state index is 13.4. The number of fused-ring (bicyclic) bond motifs is 1. The summed E-state index contributed by atoms with van der Waals surface area (Å²) in [5, 5.41) is 1.91. The molecule has 1 fully saturated rings. The number of nitrogens with one attached hydrogen (secondary N) is 1. The van der Waals surface area contributed by atoms with Gasteiger partial charge >= 0.3 is 0 Å². The lowest BCUT2D eigenvalue weighted by molar-refractivity contribution is -0.135. The van der Waals surface area contributed by atoms with Crippen LogP contribution in [0.3, 0.4) is 0 Å². The number of carbonyl (C=O) groups excluding carboxylic acids is 1. The highest BCUT2D eigenvalue weighted by atomic mass is 16.5. The molecule has 1 N–H and O–H groups in total. The first-order valence-electron chi connectivity index (χ1n) is 13.0. The third-order valence-electron chi connectivity index (χ3n) is 6.75. The fourth-order valence-corrected chi connectivity index (χ4v) is 4.64. The van der Waals surface area contributed by atoms with Gasteiger partial charge in [-0.25, -0.2) is 10.4 Å². The summed E-state index contributed by atoms with van der Waals surface area (Å²) in [6.07, 6.45) is 6.58. The van der Waals surface area contributed by atoms with Crippen molar-refractivity contribution in [3.8, 4) is 23.0 Å². The molecule has 3 aromatic rings. The monoisotopic (exact) mass is 502 g/mol. The lowest BCUT2D eigenvalue weighted by atomic mass is 10.0. The predicted molar refractivity (Wildman–Crippen MR) is 141 cm³/mol. The third-order valence-corrected chi connectivity index (χ3v) is 6.75. The number of oxazole rings is 1. The van der Waals surface area contributed by atoms with Crippen LogP contribution in [0.5, 0.6) is 11.5 Å². The van der Waals surface area contributed by atoms with Gasteiger partial charge in [0.15, 0.2) is 0 Å². The summed E-state index contributed by atoms with van der Waals surface area (Å²) < 4.78 is 17.2. The first kappa shape index (κ1) is 24.9. The Morgan fingerprint density at radius 1 is 1.03 bits per heavy atom. The number of hydrogen-bond donors (Lipinski definition) is 1. The van der Waals surface area contributed by atoms with Gasteiger partial charge in [-0.05, 0) is 68.7 Å². The van der Waals surface area contributed by atoms with Crippen molar-refractivity contribution in [2.24, 2.45) is 0 Å². The molecule has 194 valence electrons. The standard InChI is InChI=1S/C29H34N4O4/c1-4-6-17-36-24-11-7-21(8-12-24)25-18-27-29(34)32(15-16-33(27)31-25)19-26-20(3)37-28(30-26)22-9-13-23(14-10-22)35-5-2/h7-16,25,27,31H,4-6,17-19H2,1-3H3. The van der Waals surface area contributed by atoms with Crippen LogP contribution in [-0.4, -0.2) is 40.1 Å². The maximum Gasteiger partial charge on any atom is 0.251 e.